The van der Waals surface area contributed by atoms with E-state index in [0.29, 0.717) is 6.42 Å². The number of hydrogen-bond acceptors (Lipinski definition) is 3. The van der Waals surface area contributed by atoms with Crippen molar-refractivity contribution in [1.29, 1.82) is 0 Å². The van der Waals surface area contributed by atoms with Gasteiger partial charge in [0.2, 0.25) is 0 Å². The number of nitrogens with zero attached hydrogens (tertiary/aromatic N) is 1. The summed E-state index contributed by atoms with van der Waals surface area (Å²) in [5, 5.41) is 7.16. The summed E-state index contributed by atoms with van der Waals surface area (Å²) in [6.07, 6.45) is 0.660. The summed E-state index contributed by atoms with van der Waals surface area (Å²) in [4.78, 5) is 17.6. The van der Waals surface area contributed by atoms with E-state index in [2.05, 4.69) is 35.6 Å². The van der Waals surface area contributed by atoms with E-state index >= 15 is 0 Å². The topological polar surface area (TPSA) is 41.6 Å². The van der Waals surface area contributed by atoms with Crippen LogP contribution in [-0.2, 0) is 16.1 Å². The highest BCUT2D eigenvalue weighted by atomic mass is 16.7. The molecule has 0 aliphatic carbocycles. The van der Waals surface area contributed by atoms with Gasteiger partial charge in [-0.3, -0.25) is 14.9 Å². The molecule has 0 unspecified atom stereocenters. The molecular weight excluding hydrogens is 264 g/mol. The molecular formula is C17H20N2O2. The minimum absolute atomic E-state index is 0.0179. The van der Waals surface area contributed by atoms with Crippen LogP contribution in [-0.4, -0.2) is 29.8 Å². The Kier molecular flexibility index (Phi) is 3.43. The van der Waals surface area contributed by atoms with Gasteiger partial charge in [0.15, 0.2) is 0 Å². The van der Waals surface area contributed by atoms with Crippen LogP contribution in [0, 0.1) is 0 Å². The third-order valence-corrected chi connectivity index (χ3v) is 3.97. The predicted octanol–water partition coefficient (Wildman–Crippen LogP) is 2.48. The molecule has 1 atom stereocenters. The minimum Gasteiger partial charge on any atom is -0.281 e. The largest absolute Gasteiger partial charge is 0.281 e. The SMILES string of the molecule is CON1C(=O)[C@H](Cc2ccc3ccccc3c2)NC1(C)C. The quantitative estimate of drug-likeness (QED) is 0.941. The van der Waals surface area contributed by atoms with Crippen LogP contribution < -0.4 is 5.32 Å². The molecule has 1 saturated heterocycles. The van der Waals surface area contributed by atoms with Crippen LogP contribution in [0.3, 0.4) is 0 Å². The van der Waals surface area contributed by atoms with Gasteiger partial charge in [0, 0.05) is 0 Å². The molecule has 1 fully saturated rings. The van der Waals surface area contributed by atoms with Crippen molar-refractivity contribution >= 4 is 16.7 Å². The van der Waals surface area contributed by atoms with Gasteiger partial charge >= 0.3 is 0 Å². The molecule has 1 aliphatic heterocycles. The van der Waals surface area contributed by atoms with Crippen molar-refractivity contribution in [3.63, 3.8) is 0 Å². The molecule has 0 spiro atoms. The summed E-state index contributed by atoms with van der Waals surface area (Å²) in [6.45, 7) is 3.88. The normalized spacial score (nSPS) is 21.2. The summed E-state index contributed by atoms with van der Waals surface area (Å²) >= 11 is 0. The van der Waals surface area contributed by atoms with E-state index in [1.54, 1.807) is 0 Å². The van der Waals surface area contributed by atoms with Crippen molar-refractivity contribution in [3.8, 4) is 0 Å². The molecule has 1 N–H and O–H groups in total. The lowest BCUT2D eigenvalue weighted by atomic mass is 10.0. The van der Waals surface area contributed by atoms with Gasteiger partial charge in [-0.05, 0) is 36.6 Å². The number of carbonyl (C=O) groups excluding carboxylic acids is 1. The Bertz CT molecular complexity index is 681. The standard InChI is InChI=1S/C17H20N2O2/c1-17(2)18-15(16(20)19(17)21-3)11-12-8-9-13-6-4-5-7-14(13)10-12/h4-10,15,18H,11H2,1-3H3/t15-/m0/s1. The van der Waals surface area contributed by atoms with Crippen molar-refractivity contribution in [2.45, 2.75) is 32.0 Å². The van der Waals surface area contributed by atoms with Gasteiger partial charge in [0.25, 0.3) is 5.91 Å². The number of hydrogen-bond donors (Lipinski definition) is 1. The van der Waals surface area contributed by atoms with Crippen LogP contribution in [0.4, 0.5) is 0 Å². The maximum absolute atomic E-state index is 12.4. The van der Waals surface area contributed by atoms with E-state index in [9.17, 15) is 4.79 Å². The Hall–Kier alpha value is -1.91. The lowest BCUT2D eigenvalue weighted by Crippen LogP contribution is -2.46. The molecule has 110 valence electrons. The molecule has 0 radical (unpaired) electrons. The highest BCUT2D eigenvalue weighted by molar-refractivity contribution is 5.85. The Morgan fingerprint density at radius 1 is 1.19 bits per heavy atom. The first-order chi connectivity index (χ1) is 10.0. The van der Waals surface area contributed by atoms with Crippen LogP contribution in [0.25, 0.3) is 10.8 Å². The van der Waals surface area contributed by atoms with Crippen LogP contribution in [0.5, 0.6) is 0 Å². The number of carbonyl (C=O) groups is 1. The predicted molar refractivity (Wildman–Crippen MR) is 82.5 cm³/mol. The third kappa shape index (κ3) is 2.52. The van der Waals surface area contributed by atoms with Crippen LogP contribution in [0.15, 0.2) is 42.5 Å². The van der Waals surface area contributed by atoms with Gasteiger partial charge in [0.1, 0.15) is 5.66 Å². The molecule has 3 rings (SSSR count). The molecule has 0 saturated carbocycles. The monoisotopic (exact) mass is 284 g/mol. The molecule has 0 bridgehead atoms. The second-order valence-electron chi connectivity index (χ2n) is 5.96. The summed E-state index contributed by atoms with van der Waals surface area (Å²) in [5.74, 6) is -0.0179. The van der Waals surface area contributed by atoms with Crippen molar-refractivity contribution in [3.05, 3.63) is 48.0 Å². The van der Waals surface area contributed by atoms with Crippen LogP contribution >= 0.6 is 0 Å². The van der Waals surface area contributed by atoms with E-state index in [1.807, 2.05) is 26.0 Å². The molecule has 2 aromatic rings. The smallest absolute Gasteiger partial charge is 0.265 e. The van der Waals surface area contributed by atoms with Gasteiger partial charge < -0.3 is 0 Å². The highest BCUT2D eigenvalue weighted by Gasteiger charge is 2.44. The Labute approximate surface area is 124 Å². The zero-order valence-electron chi connectivity index (χ0n) is 12.6. The van der Waals surface area contributed by atoms with Crippen LogP contribution in [0.1, 0.15) is 19.4 Å². The van der Waals surface area contributed by atoms with E-state index in [4.69, 9.17) is 4.84 Å². The molecule has 21 heavy (non-hydrogen) atoms. The van der Waals surface area contributed by atoms with Gasteiger partial charge in [0.05, 0.1) is 13.2 Å². The molecule has 1 aliphatic rings. The average Bonchev–Trinajstić information content (AvgIpc) is 2.67. The van der Waals surface area contributed by atoms with Crippen LogP contribution in [0.2, 0.25) is 0 Å². The maximum Gasteiger partial charge on any atom is 0.265 e. The lowest BCUT2D eigenvalue weighted by molar-refractivity contribution is -0.192. The minimum atomic E-state index is -0.479. The number of amides is 1. The summed E-state index contributed by atoms with van der Waals surface area (Å²) in [7, 11) is 1.53. The Balaban J connectivity index is 1.84. The van der Waals surface area contributed by atoms with E-state index in [0.717, 1.165) is 5.56 Å². The average molecular weight is 284 g/mol. The number of benzene rings is 2. The van der Waals surface area contributed by atoms with Crippen molar-refractivity contribution < 1.29 is 9.63 Å². The Morgan fingerprint density at radius 3 is 2.57 bits per heavy atom. The van der Waals surface area contributed by atoms with Gasteiger partial charge in [-0.1, -0.05) is 42.5 Å². The van der Waals surface area contributed by atoms with E-state index in [-0.39, 0.29) is 11.9 Å². The van der Waals surface area contributed by atoms with E-state index < -0.39 is 5.66 Å². The van der Waals surface area contributed by atoms with Crippen molar-refractivity contribution in [1.82, 2.24) is 10.4 Å². The Morgan fingerprint density at radius 2 is 1.90 bits per heavy atom. The van der Waals surface area contributed by atoms with Crippen molar-refractivity contribution in [2.24, 2.45) is 0 Å². The number of fused-ring (bicyclic) bond motifs is 1. The second kappa shape index (κ2) is 5.13. The van der Waals surface area contributed by atoms with Gasteiger partial charge in [-0.25, -0.2) is 5.06 Å². The molecule has 4 heteroatoms. The fourth-order valence-electron chi connectivity index (χ4n) is 3.02. The maximum atomic E-state index is 12.4. The first-order valence-electron chi connectivity index (χ1n) is 7.15. The van der Waals surface area contributed by atoms with E-state index in [1.165, 1.54) is 22.9 Å². The van der Waals surface area contributed by atoms with Gasteiger partial charge in [-0.2, -0.15) is 0 Å². The fraction of sp³-hybridized carbons (Fsp3) is 0.353. The van der Waals surface area contributed by atoms with Crippen molar-refractivity contribution in [2.75, 3.05) is 7.11 Å². The summed E-state index contributed by atoms with van der Waals surface area (Å²) in [6, 6.07) is 14.3. The lowest BCUT2D eigenvalue weighted by Gasteiger charge is -2.28. The molecule has 1 heterocycles. The summed E-state index contributed by atoms with van der Waals surface area (Å²) < 4.78 is 0. The first-order valence-corrected chi connectivity index (χ1v) is 7.15. The summed E-state index contributed by atoms with van der Waals surface area (Å²) in [5.41, 5.74) is 0.668. The molecule has 4 nitrogen and oxygen atoms in total. The van der Waals surface area contributed by atoms with Gasteiger partial charge in [-0.15, -0.1) is 0 Å². The third-order valence-electron chi connectivity index (χ3n) is 3.97. The zero-order chi connectivity index (χ0) is 15.0. The number of hydroxylamine groups is 2. The molecule has 1 amide bonds. The first kappa shape index (κ1) is 14.0. The highest BCUT2D eigenvalue weighted by Crippen LogP contribution is 2.24. The second-order valence-corrected chi connectivity index (χ2v) is 5.96. The number of rotatable bonds is 3. The zero-order valence-corrected chi connectivity index (χ0v) is 12.6. The molecule has 2 aromatic carbocycles. The fourth-order valence-corrected chi connectivity index (χ4v) is 3.02. The molecule has 0 aromatic heterocycles. The number of nitrogens with one attached hydrogen (secondary N) is 1.